The average Bonchev–Trinajstić information content (AvgIpc) is 2.72. The van der Waals surface area contributed by atoms with Gasteiger partial charge in [0.05, 0.1) is 0 Å². The van der Waals surface area contributed by atoms with Crippen LogP contribution in [0.3, 0.4) is 0 Å². The van der Waals surface area contributed by atoms with E-state index >= 15 is 0 Å². The molecule has 0 aliphatic carbocycles. The van der Waals surface area contributed by atoms with Gasteiger partial charge in [-0.05, 0) is 43.9 Å². The van der Waals surface area contributed by atoms with Crippen molar-refractivity contribution in [3.05, 3.63) is 30.1 Å². The van der Waals surface area contributed by atoms with Crippen LogP contribution in [0.2, 0.25) is 0 Å². The molecule has 1 atom stereocenters. The summed E-state index contributed by atoms with van der Waals surface area (Å²) in [4.78, 5) is 36.8. The smallest absolute Gasteiger partial charge is 0.219 e. The standard InChI is InChI=1S/C22H34N4O2/c1-18(2)8-12-24-13-15-26(16-14-24)22(9-6-11-25(17-22)19(3)27)21(28)20-7-4-5-10-23-20/h4-5,7,10,18H,6,8-9,11-17H2,1-3H3. The van der Waals surface area contributed by atoms with Gasteiger partial charge < -0.3 is 9.80 Å². The highest BCUT2D eigenvalue weighted by Crippen LogP contribution is 2.32. The van der Waals surface area contributed by atoms with Crippen LogP contribution in [0.15, 0.2) is 24.4 Å². The molecule has 0 radical (unpaired) electrons. The lowest BCUT2D eigenvalue weighted by Gasteiger charge is -2.50. The third-order valence-electron chi connectivity index (χ3n) is 6.24. The van der Waals surface area contributed by atoms with Crippen molar-refractivity contribution in [2.45, 2.75) is 45.6 Å². The molecule has 3 heterocycles. The molecule has 1 amide bonds. The van der Waals surface area contributed by atoms with Crippen molar-refractivity contribution < 1.29 is 9.59 Å². The van der Waals surface area contributed by atoms with E-state index in [1.54, 1.807) is 19.2 Å². The Bertz CT molecular complexity index is 670. The number of likely N-dealkylation sites (tertiary alicyclic amines) is 1. The maximum absolute atomic E-state index is 13.6. The Morgan fingerprint density at radius 3 is 2.50 bits per heavy atom. The van der Waals surface area contributed by atoms with E-state index in [2.05, 4.69) is 28.6 Å². The molecule has 0 bridgehead atoms. The van der Waals surface area contributed by atoms with Crippen LogP contribution in [-0.2, 0) is 4.79 Å². The van der Waals surface area contributed by atoms with Gasteiger partial charge in [-0.15, -0.1) is 0 Å². The van der Waals surface area contributed by atoms with Gasteiger partial charge in [-0.2, -0.15) is 0 Å². The topological polar surface area (TPSA) is 56.8 Å². The number of piperazine rings is 1. The van der Waals surface area contributed by atoms with Crippen molar-refractivity contribution in [2.75, 3.05) is 45.8 Å². The number of carbonyl (C=O) groups is 2. The van der Waals surface area contributed by atoms with E-state index < -0.39 is 5.54 Å². The number of carbonyl (C=O) groups excluding carboxylic acids is 2. The van der Waals surface area contributed by atoms with E-state index in [0.717, 1.165) is 52.1 Å². The molecule has 2 fully saturated rings. The first-order chi connectivity index (χ1) is 13.4. The number of nitrogens with zero attached hydrogens (tertiary/aromatic N) is 4. The lowest BCUT2D eigenvalue weighted by atomic mass is 9.81. The van der Waals surface area contributed by atoms with Crippen molar-refractivity contribution >= 4 is 11.7 Å². The van der Waals surface area contributed by atoms with Crippen LogP contribution >= 0.6 is 0 Å². The zero-order valence-corrected chi connectivity index (χ0v) is 17.6. The first-order valence-corrected chi connectivity index (χ1v) is 10.6. The van der Waals surface area contributed by atoms with E-state index in [-0.39, 0.29) is 11.7 Å². The third-order valence-corrected chi connectivity index (χ3v) is 6.24. The van der Waals surface area contributed by atoms with E-state index in [0.29, 0.717) is 18.2 Å². The molecule has 6 nitrogen and oxygen atoms in total. The Balaban J connectivity index is 1.80. The predicted molar refractivity (Wildman–Crippen MR) is 110 cm³/mol. The normalized spacial score (nSPS) is 24.5. The first-order valence-electron chi connectivity index (χ1n) is 10.6. The summed E-state index contributed by atoms with van der Waals surface area (Å²) in [5.41, 5.74) is -0.141. The monoisotopic (exact) mass is 386 g/mol. The number of pyridine rings is 1. The van der Waals surface area contributed by atoms with Crippen LogP contribution in [-0.4, -0.2) is 82.7 Å². The Morgan fingerprint density at radius 2 is 1.89 bits per heavy atom. The van der Waals surface area contributed by atoms with Gasteiger partial charge in [-0.3, -0.25) is 19.5 Å². The van der Waals surface area contributed by atoms with Crippen LogP contribution in [0.4, 0.5) is 0 Å². The number of piperidine rings is 1. The second-order valence-corrected chi connectivity index (χ2v) is 8.63. The summed E-state index contributed by atoms with van der Waals surface area (Å²) >= 11 is 0. The van der Waals surface area contributed by atoms with Gasteiger partial charge >= 0.3 is 0 Å². The third kappa shape index (κ3) is 4.61. The maximum atomic E-state index is 13.6. The lowest BCUT2D eigenvalue weighted by molar-refractivity contribution is -0.132. The molecule has 3 rings (SSSR count). The molecule has 1 unspecified atom stereocenters. The molecule has 2 aliphatic heterocycles. The number of hydrogen-bond acceptors (Lipinski definition) is 5. The van der Waals surface area contributed by atoms with Crippen LogP contribution in [0.5, 0.6) is 0 Å². The number of Topliss-reactive ketones (excluding diaryl/α,β-unsaturated/α-hetero) is 1. The Hall–Kier alpha value is -1.79. The van der Waals surface area contributed by atoms with Gasteiger partial charge in [-0.25, -0.2) is 0 Å². The van der Waals surface area contributed by atoms with E-state index in [9.17, 15) is 9.59 Å². The van der Waals surface area contributed by atoms with Crippen LogP contribution in [0, 0.1) is 5.92 Å². The second-order valence-electron chi connectivity index (χ2n) is 8.63. The summed E-state index contributed by atoms with van der Waals surface area (Å²) in [6.45, 7) is 12.1. The molecule has 6 heteroatoms. The van der Waals surface area contributed by atoms with Gasteiger partial charge in [0.2, 0.25) is 11.7 Å². The molecule has 2 saturated heterocycles. The molecule has 1 aromatic heterocycles. The molecule has 28 heavy (non-hydrogen) atoms. The minimum atomic E-state index is -0.650. The minimum Gasteiger partial charge on any atom is -0.341 e. The minimum absolute atomic E-state index is 0.0495. The highest BCUT2D eigenvalue weighted by molar-refractivity contribution is 6.02. The number of amides is 1. The van der Waals surface area contributed by atoms with Gasteiger partial charge in [0, 0.05) is 52.4 Å². The summed E-state index contributed by atoms with van der Waals surface area (Å²) in [5.74, 6) is 0.820. The van der Waals surface area contributed by atoms with Gasteiger partial charge in [0.25, 0.3) is 0 Å². The van der Waals surface area contributed by atoms with E-state index in [1.807, 2.05) is 17.0 Å². The van der Waals surface area contributed by atoms with Gasteiger partial charge in [-0.1, -0.05) is 19.9 Å². The van der Waals surface area contributed by atoms with Crippen molar-refractivity contribution in [1.29, 1.82) is 0 Å². The molecule has 2 aliphatic rings. The Morgan fingerprint density at radius 1 is 1.14 bits per heavy atom. The van der Waals surface area contributed by atoms with Crippen molar-refractivity contribution in [1.82, 2.24) is 19.7 Å². The summed E-state index contributed by atoms with van der Waals surface area (Å²) in [6, 6.07) is 5.50. The molecule has 0 saturated carbocycles. The predicted octanol–water partition coefficient (Wildman–Crippen LogP) is 2.31. The Kier molecular flexibility index (Phi) is 6.83. The number of hydrogen-bond donors (Lipinski definition) is 0. The van der Waals surface area contributed by atoms with Crippen LogP contribution in [0.25, 0.3) is 0 Å². The number of rotatable bonds is 6. The van der Waals surface area contributed by atoms with Gasteiger partial charge in [0.1, 0.15) is 11.2 Å². The molecule has 0 aromatic carbocycles. The maximum Gasteiger partial charge on any atom is 0.219 e. The fourth-order valence-electron chi connectivity index (χ4n) is 4.47. The van der Waals surface area contributed by atoms with E-state index in [1.165, 1.54) is 6.42 Å². The molecule has 0 N–H and O–H groups in total. The van der Waals surface area contributed by atoms with Crippen molar-refractivity contribution in [3.8, 4) is 0 Å². The highest BCUT2D eigenvalue weighted by Gasteiger charge is 2.48. The number of aromatic nitrogens is 1. The molecular weight excluding hydrogens is 352 g/mol. The Labute approximate surface area is 168 Å². The zero-order chi connectivity index (χ0) is 20.1. The van der Waals surface area contributed by atoms with Crippen LogP contribution < -0.4 is 0 Å². The molecular formula is C22H34N4O2. The highest BCUT2D eigenvalue weighted by atomic mass is 16.2. The summed E-state index contributed by atoms with van der Waals surface area (Å²) in [6.07, 6.45) is 4.52. The molecule has 154 valence electrons. The largest absolute Gasteiger partial charge is 0.341 e. The van der Waals surface area contributed by atoms with E-state index in [4.69, 9.17) is 0 Å². The average molecular weight is 387 g/mol. The fourth-order valence-corrected chi connectivity index (χ4v) is 4.47. The SMILES string of the molecule is CC(=O)N1CCCC(C(=O)c2ccccn2)(N2CCN(CCC(C)C)CC2)C1. The first kappa shape index (κ1) is 20.9. The second kappa shape index (κ2) is 9.14. The summed E-state index contributed by atoms with van der Waals surface area (Å²) in [5, 5.41) is 0. The van der Waals surface area contributed by atoms with Crippen molar-refractivity contribution in [3.63, 3.8) is 0 Å². The fraction of sp³-hybridized carbons (Fsp3) is 0.682. The molecule has 1 aromatic rings. The zero-order valence-electron chi connectivity index (χ0n) is 17.6. The quantitative estimate of drug-likeness (QED) is 0.702. The van der Waals surface area contributed by atoms with Gasteiger partial charge in [0.15, 0.2) is 0 Å². The van der Waals surface area contributed by atoms with Crippen LogP contribution in [0.1, 0.15) is 50.5 Å². The number of ketones is 1. The summed E-state index contributed by atoms with van der Waals surface area (Å²) < 4.78 is 0. The van der Waals surface area contributed by atoms with Crippen molar-refractivity contribution in [2.24, 2.45) is 5.92 Å². The summed E-state index contributed by atoms with van der Waals surface area (Å²) in [7, 11) is 0. The molecule has 0 spiro atoms. The lowest BCUT2D eigenvalue weighted by Crippen LogP contribution is -2.67.